The van der Waals surface area contributed by atoms with Crippen molar-refractivity contribution < 1.29 is 14.4 Å². The fourth-order valence-electron chi connectivity index (χ4n) is 2.22. The summed E-state index contributed by atoms with van der Waals surface area (Å²) >= 11 is 0. The first-order valence-corrected chi connectivity index (χ1v) is 6.83. The maximum absolute atomic E-state index is 11.3. The van der Waals surface area contributed by atoms with Gasteiger partial charge in [-0.3, -0.25) is 15.0 Å². The minimum Gasteiger partial charge on any atom is -0.451 e. The van der Waals surface area contributed by atoms with Crippen LogP contribution in [0.25, 0.3) is 11.0 Å². The van der Waals surface area contributed by atoms with Gasteiger partial charge in [-0.1, -0.05) is 6.07 Å². The fourth-order valence-corrected chi connectivity index (χ4v) is 2.22. The van der Waals surface area contributed by atoms with Gasteiger partial charge in [0, 0.05) is 30.9 Å². The van der Waals surface area contributed by atoms with Crippen molar-refractivity contribution in [2.75, 3.05) is 0 Å². The Balaban J connectivity index is 1.68. The van der Waals surface area contributed by atoms with Crippen LogP contribution in [0, 0.1) is 0 Å². The maximum atomic E-state index is 11.3. The number of rotatable bonds is 5. The molecule has 0 aliphatic carbocycles. The second-order valence-corrected chi connectivity index (χ2v) is 4.88. The second kappa shape index (κ2) is 6.38. The number of aromatic nitrogens is 1. The van der Waals surface area contributed by atoms with Gasteiger partial charge in [-0.15, -0.1) is 0 Å². The van der Waals surface area contributed by atoms with Crippen molar-refractivity contribution in [3.05, 3.63) is 65.7 Å². The third kappa shape index (κ3) is 3.13. The Kier molecular flexibility index (Phi) is 4.13. The number of carbonyl (C=O) groups excluding carboxylic acids is 1. The Labute approximate surface area is 126 Å². The number of fused-ring (bicyclic) bond motifs is 1. The highest BCUT2D eigenvalue weighted by Gasteiger charge is 2.11. The first-order chi connectivity index (χ1) is 10.8. The van der Waals surface area contributed by atoms with Gasteiger partial charge >= 0.3 is 5.91 Å². The van der Waals surface area contributed by atoms with Crippen LogP contribution in [0.15, 0.2) is 53.2 Å². The summed E-state index contributed by atoms with van der Waals surface area (Å²) in [5.41, 5.74) is 4.42. The molecule has 2 aromatic heterocycles. The predicted molar refractivity (Wildman–Crippen MR) is 80.2 cm³/mol. The van der Waals surface area contributed by atoms with Crippen molar-refractivity contribution in [1.82, 2.24) is 15.8 Å². The molecule has 0 saturated heterocycles. The lowest BCUT2D eigenvalue weighted by Crippen LogP contribution is -2.17. The summed E-state index contributed by atoms with van der Waals surface area (Å²) in [6, 6.07) is 11.2. The van der Waals surface area contributed by atoms with Crippen molar-refractivity contribution in [1.29, 1.82) is 0 Å². The van der Waals surface area contributed by atoms with E-state index in [2.05, 4.69) is 10.3 Å². The standard InChI is InChI=1S/C16H15N3O3/c20-16(19-21)15-8-13-7-12(1-2-14(13)22-15)10-18-9-11-3-5-17-6-4-11/h1-8,18,21H,9-10H2,(H,19,20). The molecule has 0 atom stereocenters. The van der Waals surface area contributed by atoms with Crippen LogP contribution < -0.4 is 10.8 Å². The van der Waals surface area contributed by atoms with Crippen LogP contribution >= 0.6 is 0 Å². The summed E-state index contributed by atoms with van der Waals surface area (Å²) in [4.78, 5) is 15.3. The summed E-state index contributed by atoms with van der Waals surface area (Å²) in [5.74, 6) is -0.576. The Bertz CT molecular complexity index is 784. The number of hydrogen-bond donors (Lipinski definition) is 3. The molecule has 6 nitrogen and oxygen atoms in total. The zero-order chi connectivity index (χ0) is 15.4. The van der Waals surface area contributed by atoms with E-state index < -0.39 is 5.91 Å². The van der Waals surface area contributed by atoms with Crippen LogP contribution in [0.1, 0.15) is 21.7 Å². The number of hydroxylamine groups is 1. The molecule has 1 amide bonds. The van der Waals surface area contributed by atoms with Gasteiger partial charge in [-0.25, -0.2) is 5.48 Å². The molecule has 6 heteroatoms. The van der Waals surface area contributed by atoms with Crippen molar-refractivity contribution in [3.63, 3.8) is 0 Å². The van der Waals surface area contributed by atoms with E-state index in [4.69, 9.17) is 9.62 Å². The minimum atomic E-state index is -0.659. The summed E-state index contributed by atoms with van der Waals surface area (Å²) in [5, 5.41) is 12.8. The summed E-state index contributed by atoms with van der Waals surface area (Å²) in [7, 11) is 0. The average molecular weight is 297 g/mol. The van der Waals surface area contributed by atoms with Gasteiger partial charge in [0.2, 0.25) is 0 Å². The Morgan fingerprint density at radius 2 is 1.86 bits per heavy atom. The maximum Gasteiger partial charge on any atom is 0.310 e. The monoisotopic (exact) mass is 297 g/mol. The number of nitrogens with zero attached hydrogens (tertiary/aromatic N) is 1. The molecule has 0 fully saturated rings. The average Bonchev–Trinajstić information content (AvgIpc) is 2.98. The zero-order valence-electron chi connectivity index (χ0n) is 11.7. The quantitative estimate of drug-likeness (QED) is 0.496. The van der Waals surface area contributed by atoms with E-state index in [9.17, 15) is 4.79 Å². The molecule has 1 aromatic carbocycles. The normalized spacial score (nSPS) is 10.8. The molecule has 3 aromatic rings. The highest BCUT2D eigenvalue weighted by molar-refractivity contribution is 5.95. The third-order valence-corrected chi connectivity index (χ3v) is 3.31. The highest BCUT2D eigenvalue weighted by atomic mass is 16.5. The van der Waals surface area contributed by atoms with E-state index in [1.54, 1.807) is 23.9 Å². The van der Waals surface area contributed by atoms with Gasteiger partial charge < -0.3 is 9.73 Å². The first-order valence-electron chi connectivity index (χ1n) is 6.83. The molecular formula is C16H15N3O3. The molecule has 2 heterocycles. The van der Waals surface area contributed by atoms with Gasteiger partial charge in [-0.2, -0.15) is 0 Å². The second-order valence-electron chi connectivity index (χ2n) is 4.88. The third-order valence-electron chi connectivity index (χ3n) is 3.31. The van der Waals surface area contributed by atoms with Gasteiger partial charge in [0.25, 0.3) is 0 Å². The fraction of sp³-hybridized carbons (Fsp3) is 0.125. The minimum absolute atomic E-state index is 0.0828. The molecule has 3 rings (SSSR count). The number of carbonyl (C=O) groups is 1. The Morgan fingerprint density at radius 1 is 1.09 bits per heavy atom. The largest absolute Gasteiger partial charge is 0.451 e. The van der Waals surface area contributed by atoms with E-state index in [1.165, 1.54) is 5.56 Å². The van der Waals surface area contributed by atoms with E-state index >= 15 is 0 Å². The van der Waals surface area contributed by atoms with E-state index in [1.807, 2.05) is 30.3 Å². The zero-order valence-corrected chi connectivity index (χ0v) is 11.7. The lowest BCUT2D eigenvalue weighted by Gasteiger charge is -2.05. The molecule has 0 bridgehead atoms. The van der Waals surface area contributed by atoms with Crippen LogP contribution in [0.5, 0.6) is 0 Å². The van der Waals surface area contributed by atoms with Gasteiger partial charge in [0.1, 0.15) is 5.58 Å². The summed E-state index contributed by atoms with van der Waals surface area (Å²) in [6.07, 6.45) is 3.53. The van der Waals surface area contributed by atoms with Gasteiger partial charge in [0.15, 0.2) is 5.76 Å². The molecular weight excluding hydrogens is 282 g/mol. The molecule has 0 aliphatic rings. The summed E-state index contributed by atoms with van der Waals surface area (Å²) in [6.45, 7) is 1.45. The SMILES string of the molecule is O=C(NO)c1cc2cc(CNCc3ccncc3)ccc2o1. The number of nitrogens with one attached hydrogen (secondary N) is 2. The van der Waals surface area contributed by atoms with Crippen LogP contribution in [0.4, 0.5) is 0 Å². The topological polar surface area (TPSA) is 87.4 Å². The number of pyridine rings is 1. The number of furan rings is 1. The molecule has 0 spiro atoms. The van der Waals surface area contributed by atoms with Crippen LogP contribution in [0.2, 0.25) is 0 Å². The van der Waals surface area contributed by atoms with Gasteiger partial charge in [0.05, 0.1) is 0 Å². The molecule has 112 valence electrons. The lowest BCUT2D eigenvalue weighted by molar-refractivity contribution is 0.0678. The van der Waals surface area contributed by atoms with Crippen LogP contribution in [0.3, 0.4) is 0 Å². The van der Waals surface area contributed by atoms with Gasteiger partial charge in [-0.05, 0) is 41.5 Å². The first kappa shape index (κ1) is 14.2. The number of amides is 1. The number of hydrogen-bond acceptors (Lipinski definition) is 5. The molecule has 0 saturated carbocycles. The van der Waals surface area contributed by atoms with Crippen molar-refractivity contribution in [3.8, 4) is 0 Å². The van der Waals surface area contributed by atoms with E-state index in [-0.39, 0.29) is 5.76 Å². The molecule has 0 aliphatic heterocycles. The Hall–Kier alpha value is -2.70. The molecule has 0 radical (unpaired) electrons. The van der Waals surface area contributed by atoms with Crippen LogP contribution in [-0.2, 0) is 13.1 Å². The molecule has 3 N–H and O–H groups in total. The van der Waals surface area contributed by atoms with Crippen molar-refractivity contribution in [2.45, 2.75) is 13.1 Å². The number of benzene rings is 1. The van der Waals surface area contributed by atoms with E-state index in [0.29, 0.717) is 12.1 Å². The van der Waals surface area contributed by atoms with E-state index in [0.717, 1.165) is 17.5 Å². The molecule has 0 unspecified atom stereocenters. The van der Waals surface area contributed by atoms with Crippen molar-refractivity contribution in [2.24, 2.45) is 0 Å². The highest BCUT2D eigenvalue weighted by Crippen LogP contribution is 2.20. The summed E-state index contributed by atoms with van der Waals surface area (Å²) < 4.78 is 5.35. The smallest absolute Gasteiger partial charge is 0.310 e. The lowest BCUT2D eigenvalue weighted by atomic mass is 10.1. The van der Waals surface area contributed by atoms with Crippen LogP contribution in [-0.4, -0.2) is 16.1 Å². The Morgan fingerprint density at radius 3 is 2.64 bits per heavy atom. The van der Waals surface area contributed by atoms with Crippen molar-refractivity contribution >= 4 is 16.9 Å². The molecule has 22 heavy (non-hydrogen) atoms. The predicted octanol–water partition coefficient (Wildman–Crippen LogP) is 2.24.